The van der Waals surface area contributed by atoms with Crippen LogP contribution in [0.4, 0.5) is 14.9 Å². The van der Waals surface area contributed by atoms with Gasteiger partial charge in [-0.3, -0.25) is 5.32 Å². The number of rotatable bonds is 4. The first-order valence-corrected chi connectivity index (χ1v) is 5.52. The molecule has 1 amide bonds. The number of carboxylic acid groups (broad SMARTS) is 1. The minimum Gasteiger partial charge on any atom is -0.478 e. The van der Waals surface area contributed by atoms with Gasteiger partial charge in [0, 0.05) is 0 Å². The topological polar surface area (TPSA) is 75.6 Å². The van der Waals surface area contributed by atoms with E-state index in [9.17, 15) is 14.0 Å². The summed E-state index contributed by atoms with van der Waals surface area (Å²) in [4.78, 5) is 21.9. The van der Waals surface area contributed by atoms with E-state index >= 15 is 0 Å². The lowest BCUT2D eigenvalue weighted by molar-refractivity contribution is 0.0695. The molecule has 0 bridgehead atoms. The Balaban J connectivity index is 2.92. The van der Waals surface area contributed by atoms with E-state index in [1.54, 1.807) is 0 Å². The molecular weight excluding hydrogens is 309 g/mol. The minimum atomic E-state index is -1.28. The van der Waals surface area contributed by atoms with E-state index in [1.165, 1.54) is 12.1 Å². The summed E-state index contributed by atoms with van der Waals surface area (Å²) in [7, 11) is 0. The largest absolute Gasteiger partial charge is 0.478 e. The van der Waals surface area contributed by atoms with Crippen LogP contribution >= 0.6 is 15.9 Å². The summed E-state index contributed by atoms with van der Waals surface area (Å²) < 4.78 is 18.1. The first-order chi connectivity index (χ1) is 8.47. The Hall–Kier alpha value is -1.89. The van der Waals surface area contributed by atoms with Crippen molar-refractivity contribution in [2.24, 2.45) is 0 Å². The maximum atomic E-state index is 13.7. The highest BCUT2D eigenvalue weighted by Crippen LogP contribution is 2.27. The quantitative estimate of drug-likeness (QED) is 0.837. The van der Waals surface area contributed by atoms with Gasteiger partial charge < -0.3 is 9.84 Å². The molecule has 0 saturated carbocycles. The second-order valence-corrected chi connectivity index (χ2v) is 3.90. The van der Waals surface area contributed by atoms with Crippen molar-refractivity contribution in [3.63, 3.8) is 0 Å². The molecular formula is C11H9BrFNO4. The Morgan fingerprint density at radius 1 is 1.56 bits per heavy atom. The highest BCUT2D eigenvalue weighted by molar-refractivity contribution is 9.10. The van der Waals surface area contributed by atoms with Crippen LogP contribution in [0.5, 0.6) is 0 Å². The summed E-state index contributed by atoms with van der Waals surface area (Å²) >= 11 is 2.81. The molecule has 0 spiro atoms. The highest BCUT2D eigenvalue weighted by atomic mass is 79.9. The van der Waals surface area contributed by atoms with Gasteiger partial charge in [-0.05, 0) is 28.1 Å². The molecule has 0 aliphatic rings. The number of aromatic carboxylic acids is 1. The smallest absolute Gasteiger partial charge is 0.412 e. The fraction of sp³-hybridized carbons (Fsp3) is 0.0909. The summed E-state index contributed by atoms with van der Waals surface area (Å²) in [6.45, 7) is 3.34. The maximum absolute atomic E-state index is 13.7. The van der Waals surface area contributed by atoms with Gasteiger partial charge in [0.25, 0.3) is 0 Å². The van der Waals surface area contributed by atoms with Crippen LogP contribution in [0.1, 0.15) is 10.4 Å². The Kier molecular flexibility index (Phi) is 4.85. The van der Waals surface area contributed by atoms with Gasteiger partial charge in [0.1, 0.15) is 6.61 Å². The highest BCUT2D eigenvalue weighted by Gasteiger charge is 2.17. The Morgan fingerprint density at radius 2 is 2.22 bits per heavy atom. The van der Waals surface area contributed by atoms with Crippen molar-refractivity contribution in [3.8, 4) is 0 Å². The maximum Gasteiger partial charge on any atom is 0.412 e. The van der Waals surface area contributed by atoms with Gasteiger partial charge >= 0.3 is 12.1 Å². The third kappa shape index (κ3) is 3.30. The fourth-order valence-electron chi connectivity index (χ4n) is 1.09. The number of amides is 1. The number of carbonyl (C=O) groups is 2. The van der Waals surface area contributed by atoms with Crippen LogP contribution < -0.4 is 5.32 Å². The van der Waals surface area contributed by atoms with Gasteiger partial charge in [0.15, 0.2) is 5.82 Å². The predicted octanol–water partition coefficient (Wildman–Crippen LogP) is 3.02. The van der Waals surface area contributed by atoms with E-state index in [0.717, 1.165) is 6.07 Å². The summed E-state index contributed by atoms with van der Waals surface area (Å²) in [5, 5.41) is 10.9. The molecule has 0 fully saturated rings. The average Bonchev–Trinajstić information content (AvgIpc) is 2.32. The fourth-order valence-corrected chi connectivity index (χ4v) is 1.61. The monoisotopic (exact) mass is 317 g/mol. The van der Waals surface area contributed by atoms with Crippen molar-refractivity contribution in [1.29, 1.82) is 0 Å². The van der Waals surface area contributed by atoms with Gasteiger partial charge in [-0.1, -0.05) is 12.7 Å². The number of carbonyl (C=O) groups excluding carboxylic acids is 1. The van der Waals surface area contributed by atoms with Crippen molar-refractivity contribution < 1.29 is 23.8 Å². The second kappa shape index (κ2) is 6.15. The second-order valence-electron chi connectivity index (χ2n) is 3.11. The molecule has 18 heavy (non-hydrogen) atoms. The average molecular weight is 318 g/mol. The van der Waals surface area contributed by atoms with E-state index in [4.69, 9.17) is 5.11 Å². The zero-order valence-electron chi connectivity index (χ0n) is 9.07. The normalized spacial score (nSPS) is 9.67. The molecule has 96 valence electrons. The van der Waals surface area contributed by atoms with E-state index in [1.807, 2.05) is 0 Å². The lowest BCUT2D eigenvalue weighted by Crippen LogP contribution is -2.15. The molecule has 0 saturated heterocycles. The predicted molar refractivity (Wildman–Crippen MR) is 66.2 cm³/mol. The third-order valence-corrected chi connectivity index (χ3v) is 2.66. The van der Waals surface area contributed by atoms with Crippen molar-refractivity contribution >= 4 is 33.7 Å². The molecule has 0 aliphatic carbocycles. The molecule has 5 nitrogen and oxygen atoms in total. The van der Waals surface area contributed by atoms with Crippen LogP contribution in [0.15, 0.2) is 29.3 Å². The number of hydrogen-bond donors (Lipinski definition) is 2. The summed E-state index contributed by atoms with van der Waals surface area (Å²) in [6.07, 6.45) is 0.503. The van der Waals surface area contributed by atoms with Crippen LogP contribution in [-0.4, -0.2) is 23.8 Å². The number of hydrogen-bond acceptors (Lipinski definition) is 3. The molecule has 0 unspecified atom stereocenters. The van der Waals surface area contributed by atoms with Crippen LogP contribution in [-0.2, 0) is 4.74 Å². The van der Waals surface area contributed by atoms with Gasteiger partial charge in [-0.25, -0.2) is 14.0 Å². The van der Waals surface area contributed by atoms with Crippen molar-refractivity contribution in [2.75, 3.05) is 11.9 Å². The molecule has 1 aromatic rings. The van der Waals surface area contributed by atoms with Crippen molar-refractivity contribution in [1.82, 2.24) is 0 Å². The number of ether oxygens (including phenoxy) is 1. The number of anilines is 1. The van der Waals surface area contributed by atoms with Gasteiger partial charge in [-0.2, -0.15) is 0 Å². The van der Waals surface area contributed by atoms with Gasteiger partial charge in [-0.15, -0.1) is 0 Å². The molecule has 1 rings (SSSR count). The van der Waals surface area contributed by atoms with Crippen molar-refractivity contribution in [2.45, 2.75) is 0 Å². The zero-order chi connectivity index (χ0) is 13.7. The number of halogens is 2. The zero-order valence-corrected chi connectivity index (χ0v) is 10.7. The number of nitrogens with one attached hydrogen (secondary N) is 1. The molecule has 2 N–H and O–H groups in total. The lowest BCUT2D eigenvalue weighted by atomic mass is 10.2. The standard InChI is InChI=1S/C11H9BrFNO4/c1-2-5-18-11(17)14-7-4-3-6(10(15)16)8(12)9(7)13/h2-4H,1,5H2,(H,14,17)(H,15,16). The lowest BCUT2D eigenvalue weighted by Gasteiger charge is -2.08. The summed E-state index contributed by atoms with van der Waals surface area (Å²) in [6, 6.07) is 2.30. The van der Waals surface area contributed by atoms with Crippen LogP contribution in [0.3, 0.4) is 0 Å². The molecule has 1 aromatic carbocycles. The molecule has 0 aromatic heterocycles. The van der Waals surface area contributed by atoms with E-state index in [0.29, 0.717) is 0 Å². The summed E-state index contributed by atoms with van der Waals surface area (Å²) in [5.41, 5.74) is -0.418. The first-order valence-electron chi connectivity index (χ1n) is 4.73. The molecule has 0 aliphatic heterocycles. The minimum absolute atomic E-state index is 0.0121. The number of benzene rings is 1. The van der Waals surface area contributed by atoms with Gasteiger partial charge in [0.05, 0.1) is 15.7 Å². The van der Waals surface area contributed by atoms with E-state index in [2.05, 4.69) is 32.6 Å². The molecule has 0 heterocycles. The number of carboxylic acids is 1. The summed E-state index contributed by atoms with van der Waals surface area (Å²) in [5.74, 6) is -2.16. The third-order valence-electron chi connectivity index (χ3n) is 1.88. The molecule has 0 radical (unpaired) electrons. The molecule has 7 heteroatoms. The van der Waals surface area contributed by atoms with E-state index < -0.39 is 17.9 Å². The Bertz CT molecular complexity index is 504. The van der Waals surface area contributed by atoms with Crippen LogP contribution in [0.25, 0.3) is 0 Å². The van der Waals surface area contributed by atoms with E-state index in [-0.39, 0.29) is 22.3 Å². The van der Waals surface area contributed by atoms with Gasteiger partial charge in [0.2, 0.25) is 0 Å². The van der Waals surface area contributed by atoms with Crippen LogP contribution in [0.2, 0.25) is 0 Å². The SMILES string of the molecule is C=CCOC(=O)Nc1ccc(C(=O)O)c(Br)c1F. The van der Waals surface area contributed by atoms with Crippen LogP contribution in [0, 0.1) is 5.82 Å². The Labute approximate surface area is 110 Å². The first kappa shape index (κ1) is 14.2. The Morgan fingerprint density at radius 3 is 2.78 bits per heavy atom. The van der Waals surface area contributed by atoms with Crippen molar-refractivity contribution in [3.05, 3.63) is 40.6 Å². The molecule has 0 atom stereocenters.